The highest BCUT2D eigenvalue weighted by atomic mass is 35.5. The highest BCUT2D eigenvalue weighted by molar-refractivity contribution is 6.30. The summed E-state index contributed by atoms with van der Waals surface area (Å²) in [5.41, 5.74) is 1.66. The molecule has 0 radical (unpaired) electrons. The van der Waals surface area contributed by atoms with Crippen LogP contribution in [0.4, 0.5) is 11.8 Å². The lowest BCUT2D eigenvalue weighted by Crippen LogP contribution is -2.40. The van der Waals surface area contributed by atoms with Crippen molar-refractivity contribution in [2.75, 3.05) is 24.3 Å². The zero-order valence-corrected chi connectivity index (χ0v) is 18.0. The van der Waals surface area contributed by atoms with Gasteiger partial charge in [0.2, 0.25) is 5.95 Å². The monoisotopic (exact) mass is 423 g/mol. The van der Waals surface area contributed by atoms with Crippen molar-refractivity contribution in [2.45, 2.75) is 44.7 Å². The lowest BCUT2D eigenvalue weighted by atomic mass is 9.91. The second kappa shape index (κ2) is 9.94. The van der Waals surface area contributed by atoms with Gasteiger partial charge >= 0.3 is 0 Å². The number of nitrogens with one attached hydrogen (secondary N) is 2. The van der Waals surface area contributed by atoms with E-state index in [1.54, 1.807) is 24.3 Å². The predicted octanol–water partition coefficient (Wildman–Crippen LogP) is 4.08. The SMILES string of the molecule is Cc1cnc(N[C@H]2CC[C@@H](NC(=O)c3cccc(Cl)c3)CC2)nc1N(C)C.Cl. The van der Waals surface area contributed by atoms with Crippen LogP contribution >= 0.6 is 24.0 Å². The molecular formula is C20H27Cl2N5O. The molecule has 0 bridgehead atoms. The molecule has 1 heterocycles. The molecular weight excluding hydrogens is 397 g/mol. The molecule has 2 aromatic rings. The third-order valence-electron chi connectivity index (χ3n) is 4.85. The molecule has 2 N–H and O–H groups in total. The molecule has 0 aliphatic heterocycles. The quantitative estimate of drug-likeness (QED) is 0.757. The van der Waals surface area contributed by atoms with Crippen molar-refractivity contribution in [3.05, 3.63) is 46.6 Å². The number of carbonyl (C=O) groups excluding carboxylic acids is 1. The van der Waals surface area contributed by atoms with Crippen LogP contribution in [-0.4, -0.2) is 42.1 Å². The minimum atomic E-state index is -0.0635. The molecule has 1 aliphatic rings. The fraction of sp³-hybridized carbons (Fsp3) is 0.450. The lowest BCUT2D eigenvalue weighted by molar-refractivity contribution is 0.0926. The van der Waals surface area contributed by atoms with Crippen LogP contribution in [0.1, 0.15) is 41.6 Å². The Hall–Kier alpha value is -2.05. The zero-order valence-electron chi connectivity index (χ0n) is 16.4. The summed E-state index contributed by atoms with van der Waals surface area (Å²) in [6, 6.07) is 7.55. The summed E-state index contributed by atoms with van der Waals surface area (Å²) in [5.74, 6) is 1.53. The Bertz CT molecular complexity index is 807. The van der Waals surface area contributed by atoms with Crippen LogP contribution in [0.3, 0.4) is 0 Å². The average Bonchev–Trinajstić information content (AvgIpc) is 2.64. The largest absolute Gasteiger partial charge is 0.362 e. The standard InChI is InChI=1S/C20H26ClN5O.ClH/c1-13-12-22-20(25-18(13)26(2)3)24-17-9-7-16(8-10-17)23-19(27)14-5-4-6-15(21)11-14;/h4-6,11-12,16-17H,7-10H2,1-3H3,(H,23,27)(H,22,24,25);1H/t16-,17+;. The van der Waals surface area contributed by atoms with E-state index in [2.05, 4.69) is 20.6 Å². The van der Waals surface area contributed by atoms with E-state index in [9.17, 15) is 4.79 Å². The van der Waals surface area contributed by atoms with Crippen molar-refractivity contribution < 1.29 is 4.79 Å². The van der Waals surface area contributed by atoms with Crippen LogP contribution < -0.4 is 15.5 Å². The van der Waals surface area contributed by atoms with E-state index in [1.807, 2.05) is 32.1 Å². The van der Waals surface area contributed by atoms with Gasteiger partial charge in [-0.2, -0.15) is 4.98 Å². The molecule has 1 saturated carbocycles. The molecule has 8 heteroatoms. The van der Waals surface area contributed by atoms with E-state index in [0.29, 0.717) is 22.6 Å². The van der Waals surface area contributed by atoms with Crippen molar-refractivity contribution in [3.8, 4) is 0 Å². The summed E-state index contributed by atoms with van der Waals surface area (Å²) >= 11 is 5.97. The highest BCUT2D eigenvalue weighted by Crippen LogP contribution is 2.23. The van der Waals surface area contributed by atoms with Gasteiger partial charge < -0.3 is 15.5 Å². The summed E-state index contributed by atoms with van der Waals surface area (Å²) in [4.78, 5) is 23.4. The molecule has 1 aromatic carbocycles. The van der Waals surface area contributed by atoms with Crippen LogP contribution in [0.5, 0.6) is 0 Å². The molecule has 6 nitrogen and oxygen atoms in total. The molecule has 1 aliphatic carbocycles. The summed E-state index contributed by atoms with van der Waals surface area (Å²) in [6.45, 7) is 2.01. The van der Waals surface area contributed by atoms with E-state index in [0.717, 1.165) is 37.1 Å². The van der Waals surface area contributed by atoms with Gasteiger partial charge in [0.25, 0.3) is 5.91 Å². The molecule has 1 fully saturated rings. The van der Waals surface area contributed by atoms with E-state index < -0.39 is 0 Å². The van der Waals surface area contributed by atoms with Gasteiger partial charge in [0.15, 0.2) is 0 Å². The number of benzene rings is 1. The first-order valence-electron chi connectivity index (χ1n) is 9.26. The second-order valence-electron chi connectivity index (χ2n) is 7.27. The van der Waals surface area contributed by atoms with Crippen LogP contribution in [0.15, 0.2) is 30.5 Å². The number of aryl methyl sites for hydroxylation is 1. The molecule has 152 valence electrons. The van der Waals surface area contributed by atoms with E-state index in [4.69, 9.17) is 11.6 Å². The van der Waals surface area contributed by atoms with Crippen LogP contribution in [0.2, 0.25) is 5.02 Å². The van der Waals surface area contributed by atoms with Gasteiger partial charge in [-0.15, -0.1) is 12.4 Å². The van der Waals surface area contributed by atoms with Crippen LogP contribution in [-0.2, 0) is 0 Å². The van der Waals surface area contributed by atoms with E-state index >= 15 is 0 Å². The average molecular weight is 424 g/mol. The van der Waals surface area contributed by atoms with Crippen LogP contribution in [0, 0.1) is 6.92 Å². The van der Waals surface area contributed by atoms with Crippen molar-refractivity contribution in [2.24, 2.45) is 0 Å². The van der Waals surface area contributed by atoms with Gasteiger partial charge in [-0.25, -0.2) is 4.98 Å². The first-order chi connectivity index (χ1) is 12.9. The third-order valence-corrected chi connectivity index (χ3v) is 5.09. The van der Waals surface area contributed by atoms with Gasteiger partial charge in [-0.3, -0.25) is 4.79 Å². The van der Waals surface area contributed by atoms with Crippen molar-refractivity contribution >= 4 is 41.7 Å². The summed E-state index contributed by atoms with van der Waals surface area (Å²) in [5, 5.41) is 7.13. The van der Waals surface area contributed by atoms with Gasteiger partial charge in [-0.1, -0.05) is 17.7 Å². The fourth-order valence-electron chi connectivity index (χ4n) is 3.42. The number of carbonyl (C=O) groups is 1. The Kier molecular flexibility index (Phi) is 7.89. The number of hydrogen-bond acceptors (Lipinski definition) is 5. The Balaban J connectivity index is 0.00000280. The third kappa shape index (κ3) is 5.72. The fourth-order valence-corrected chi connectivity index (χ4v) is 3.61. The smallest absolute Gasteiger partial charge is 0.251 e. The molecule has 0 spiro atoms. The van der Waals surface area contributed by atoms with Gasteiger partial charge in [-0.05, 0) is 50.8 Å². The molecule has 1 amide bonds. The molecule has 28 heavy (non-hydrogen) atoms. The molecule has 3 rings (SSSR count). The topological polar surface area (TPSA) is 70.1 Å². The van der Waals surface area contributed by atoms with Gasteiger partial charge in [0, 0.05) is 48.5 Å². The summed E-state index contributed by atoms with van der Waals surface area (Å²) in [6.07, 6.45) is 5.64. The van der Waals surface area contributed by atoms with Gasteiger partial charge in [0.1, 0.15) is 5.82 Å². The minimum Gasteiger partial charge on any atom is -0.362 e. The maximum absolute atomic E-state index is 12.4. The first-order valence-corrected chi connectivity index (χ1v) is 9.64. The Morgan fingerprint density at radius 2 is 1.86 bits per heavy atom. The maximum atomic E-state index is 12.4. The normalized spacial score (nSPS) is 18.7. The second-order valence-corrected chi connectivity index (χ2v) is 7.71. The van der Waals surface area contributed by atoms with Crippen molar-refractivity contribution in [3.63, 3.8) is 0 Å². The lowest BCUT2D eigenvalue weighted by Gasteiger charge is -2.30. The number of aromatic nitrogens is 2. The molecule has 0 unspecified atom stereocenters. The van der Waals surface area contributed by atoms with Gasteiger partial charge in [0.05, 0.1) is 0 Å². The molecule has 1 aromatic heterocycles. The number of rotatable bonds is 5. The minimum absolute atomic E-state index is 0. The van der Waals surface area contributed by atoms with E-state index in [1.165, 1.54) is 0 Å². The number of nitrogens with zero attached hydrogens (tertiary/aromatic N) is 3. The van der Waals surface area contributed by atoms with Crippen molar-refractivity contribution in [1.82, 2.24) is 15.3 Å². The number of halogens is 2. The Morgan fingerprint density at radius 1 is 1.18 bits per heavy atom. The maximum Gasteiger partial charge on any atom is 0.251 e. The molecule has 0 saturated heterocycles. The Morgan fingerprint density at radius 3 is 2.50 bits per heavy atom. The number of anilines is 2. The summed E-state index contributed by atoms with van der Waals surface area (Å²) in [7, 11) is 3.96. The molecule has 0 atom stereocenters. The Labute approximate surface area is 177 Å². The zero-order chi connectivity index (χ0) is 19.4. The van der Waals surface area contributed by atoms with Crippen molar-refractivity contribution in [1.29, 1.82) is 0 Å². The highest BCUT2D eigenvalue weighted by Gasteiger charge is 2.23. The first kappa shape index (κ1) is 22.2. The van der Waals surface area contributed by atoms with Crippen LogP contribution in [0.25, 0.3) is 0 Å². The van der Waals surface area contributed by atoms with E-state index in [-0.39, 0.29) is 24.4 Å². The number of amides is 1. The summed E-state index contributed by atoms with van der Waals surface area (Å²) < 4.78 is 0. The number of hydrogen-bond donors (Lipinski definition) is 2. The predicted molar refractivity (Wildman–Crippen MR) is 117 cm³/mol.